The first-order valence-electron chi connectivity index (χ1n) is 15.8. The molecule has 5 aromatic rings. The number of nitrogens with zero attached hydrogens (tertiary/aromatic N) is 2. The molecule has 0 saturated carbocycles. The molecule has 2 amide bonds. The quantitative estimate of drug-likeness (QED) is 0.140. The molecule has 0 unspecified atom stereocenters. The topological polar surface area (TPSA) is 122 Å². The third-order valence-corrected chi connectivity index (χ3v) is 8.97. The number of carbonyl (C=O) groups is 2. The van der Waals surface area contributed by atoms with Crippen LogP contribution < -0.4 is 16.0 Å². The molecule has 3 N–H and O–H groups in total. The fourth-order valence-corrected chi connectivity index (χ4v) is 6.19. The molecule has 6 rings (SSSR count). The maximum absolute atomic E-state index is 14.3. The number of carbonyl (C=O) groups excluding carboxylic acids is 2. The Balaban J connectivity index is 1.32. The van der Waals surface area contributed by atoms with Crippen molar-refractivity contribution in [3.63, 3.8) is 0 Å². The van der Waals surface area contributed by atoms with Crippen LogP contribution in [0.2, 0.25) is 10.0 Å². The summed E-state index contributed by atoms with van der Waals surface area (Å²) in [5.74, 6) is -0.894. The molecule has 0 fully saturated rings. The van der Waals surface area contributed by atoms with Crippen molar-refractivity contribution in [3.05, 3.63) is 151 Å². The van der Waals surface area contributed by atoms with Crippen LogP contribution in [-0.4, -0.2) is 22.1 Å². The number of allylic oxidation sites excluding steroid dienone is 2. The minimum atomic E-state index is -0.734. The Hall–Kier alpha value is -5.64. The number of amides is 2. The molecule has 1 aliphatic heterocycles. The predicted octanol–water partition coefficient (Wildman–Crippen LogP) is 9.44. The van der Waals surface area contributed by atoms with E-state index in [1.54, 1.807) is 50.3 Å². The molecule has 0 saturated heterocycles. The number of dihydropyridines is 1. The second-order valence-corrected chi connectivity index (χ2v) is 12.5. The van der Waals surface area contributed by atoms with Gasteiger partial charge in [0.05, 0.1) is 0 Å². The van der Waals surface area contributed by atoms with Gasteiger partial charge in [-0.05, 0) is 80.8 Å². The minimum absolute atomic E-state index is 0.346. The molecule has 0 spiro atoms. The molecule has 3 heterocycles. The third kappa shape index (κ3) is 7.19. The van der Waals surface area contributed by atoms with Gasteiger partial charge in [0.25, 0.3) is 11.8 Å². The Kier molecular flexibility index (Phi) is 10.2. The normalized spacial score (nSPS) is 13.7. The standard InChI is InChI=1S/C39H33Cl2N5O4/c1-22-33(38(47)43-36-24(3)45-49-31(36)20-18-26-12-8-10-16-29(26)40)35(28-14-6-5-7-15-28)34(23(2)42-22)39(48)44-37-25(4)46-50-32(37)21-19-27-13-9-11-17-30(27)41/h5-21,35,42H,1-4H3,(H,43,47)(H,44,48)/b20-18+,21-19+. The summed E-state index contributed by atoms with van der Waals surface area (Å²) >= 11 is 12.7. The van der Waals surface area contributed by atoms with Crippen molar-refractivity contribution in [2.75, 3.05) is 10.6 Å². The van der Waals surface area contributed by atoms with Gasteiger partial charge in [0, 0.05) is 38.5 Å². The van der Waals surface area contributed by atoms with Crippen LogP contribution in [0.5, 0.6) is 0 Å². The zero-order valence-electron chi connectivity index (χ0n) is 27.7. The first-order chi connectivity index (χ1) is 24.1. The molecule has 2 aromatic heterocycles. The molecular weight excluding hydrogens is 673 g/mol. The van der Waals surface area contributed by atoms with Crippen molar-refractivity contribution in [1.29, 1.82) is 0 Å². The first-order valence-corrected chi connectivity index (χ1v) is 16.5. The second-order valence-electron chi connectivity index (χ2n) is 11.7. The van der Waals surface area contributed by atoms with Gasteiger partial charge in [-0.2, -0.15) is 0 Å². The lowest BCUT2D eigenvalue weighted by atomic mass is 9.79. The zero-order valence-corrected chi connectivity index (χ0v) is 29.2. The van der Waals surface area contributed by atoms with E-state index in [4.69, 9.17) is 32.2 Å². The van der Waals surface area contributed by atoms with Crippen LogP contribution in [0.25, 0.3) is 24.3 Å². The molecule has 0 aliphatic carbocycles. The van der Waals surface area contributed by atoms with Crippen molar-refractivity contribution in [2.24, 2.45) is 0 Å². The number of anilines is 2. The number of hydrogen-bond acceptors (Lipinski definition) is 7. The lowest BCUT2D eigenvalue weighted by Gasteiger charge is -2.31. The second kappa shape index (κ2) is 14.9. The summed E-state index contributed by atoms with van der Waals surface area (Å²) in [7, 11) is 0. The molecule has 50 heavy (non-hydrogen) atoms. The molecular formula is C39H33Cl2N5O4. The number of rotatable bonds is 9. The van der Waals surface area contributed by atoms with E-state index < -0.39 is 17.7 Å². The zero-order chi connectivity index (χ0) is 35.4. The van der Waals surface area contributed by atoms with Crippen LogP contribution in [0.1, 0.15) is 59.4 Å². The Bertz CT molecular complexity index is 2080. The van der Waals surface area contributed by atoms with Crippen LogP contribution in [0.15, 0.2) is 110 Å². The molecule has 0 bridgehead atoms. The summed E-state index contributed by atoms with van der Waals surface area (Å²) in [5, 5.41) is 18.6. The van der Waals surface area contributed by atoms with E-state index in [9.17, 15) is 9.59 Å². The van der Waals surface area contributed by atoms with Crippen molar-refractivity contribution in [1.82, 2.24) is 15.6 Å². The molecule has 1 aliphatic rings. The fourth-order valence-electron chi connectivity index (χ4n) is 5.79. The van der Waals surface area contributed by atoms with E-state index in [-0.39, 0.29) is 0 Å². The van der Waals surface area contributed by atoms with Gasteiger partial charge in [0.1, 0.15) is 22.8 Å². The Morgan fingerprint density at radius 3 is 1.50 bits per heavy atom. The predicted molar refractivity (Wildman–Crippen MR) is 198 cm³/mol. The summed E-state index contributed by atoms with van der Waals surface area (Å²) in [4.78, 5) is 28.6. The van der Waals surface area contributed by atoms with Crippen molar-refractivity contribution >= 4 is 70.7 Å². The van der Waals surface area contributed by atoms with Gasteiger partial charge >= 0.3 is 0 Å². The molecule has 252 valence electrons. The third-order valence-electron chi connectivity index (χ3n) is 8.28. The number of halogens is 2. The average molecular weight is 707 g/mol. The van der Waals surface area contributed by atoms with Gasteiger partial charge in [-0.15, -0.1) is 0 Å². The number of hydrogen-bond donors (Lipinski definition) is 3. The van der Waals surface area contributed by atoms with Crippen LogP contribution in [-0.2, 0) is 9.59 Å². The Morgan fingerprint density at radius 1 is 0.640 bits per heavy atom. The van der Waals surface area contributed by atoms with E-state index in [0.29, 0.717) is 66.9 Å². The van der Waals surface area contributed by atoms with E-state index in [0.717, 1.165) is 16.7 Å². The molecule has 3 aromatic carbocycles. The van der Waals surface area contributed by atoms with Gasteiger partial charge < -0.3 is 25.0 Å². The smallest absolute Gasteiger partial charge is 0.254 e. The van der Waals surface area contributed by atoms with E-state index in [1.165, 1.54) is 0 Å². The highest BCUT2D eigenvalue weighted by molar-refractivity contribution is 6.32. The number of aromatic nitrogens is 2. The molecule has 0 atom stereocenters. The Morgan fingerprint density at radius 2 is 1.06 bits per heavy atom. The molecule has 0 radical (unpaired) electrons. The van der Waals surface area contributed by atoms with Crippen molar-refractivity contribution in [3.8, 4) is 0 Å². The maximum atomic E-state index is 14.3. The van der Waals surface area contributed by atoms with Crippen molar-refractivity contribution in [2.45, 2.75) is 33.6 Å². The van der Waals surface area contributed by atoms with Gasteiger partial charge in [-0.1, -0.05) is 100 Å². The highest BCUT2D eigenvalue weighted by atomic mass is 35.5. The van der Waals surface area contributed by atoms with E-state index >= 15 is 0 Å². The summed E-state index contributed by atoms with van der Waals surface area (Å²) in [6.45, 7) is 7.10. The van der Waals surface area contributed by atoms with Crippen LogP contribution >= 0.6 is 23.2 Å². The Labute approximate surface area is 299 Å². The molecule has 11 heteroatoms. The van der Waals surface area contributed by atoms with Crippen molar-refractivity contribution < 1.29 is 18.6 Å². The van der Waals surface area contributed by atoms with Gasteiger partial charge in [0.15, 0.2) is 11.5 Å². The number of benzene rings is 3. The van der Waals surface area contributed by atoms with Gasteiger partial charge in [-0.25, -0.2) is 0 Å². The summed E-state index contributed by atoms with van der Waals surface area (Å²) in [5.41, 5.74) is 5.99. The van der Waals surface area contributed by atoms with E-state index in [2.05, 4.69) is 26.3 Å². The lowest BCUT2D eigenvalue weighted by molar-refractivity contribution is -0.113. The summed E-state index contributed by atoms with van der Waals surface area (Å²) in [6.07, 6.45) is 6.98. The SMILES string of the molecule is CC1=C(C(=O)Nc2c(C)noc2/C=C/c2ccccc2Cl)C(c2ccccc2)C(C(=O)Nc2c(C)noc2/C=C/c2ccccc2Cl)=C(C)N1. The maximum Gasteiger partial charge on any atom is 0.254 e. The highest BCUT2D eigenvalue weighted by Crippen LogP contribution is 2.40. The highest BCUT2D eigenvalue weighted by Gasteiger charge is 2.37. The van der Waals surface area contributed by atoms with Gasteiger partial charge in [0.2, 0.25) is 0 Å². The van der Waals surface area contributed by atoms with Gasteiger partial charge in [-0.3, -0.25) is 9.59 Å². The van der Waals surface area contributed by atoms with Crippen LogP contribution in [0.3, 0.4) is 0 Å². The lowest BCUT2D eigenvalue weighted by Crippen LogP contribution is -2.35. The first kappa shape index (κ1) is 34.2. The summed E-state index contributed by atoms with van der Waals surface area (Å²) in [6, 6.07) is 24.2. The average Bonchev–Trinajstić information content (AvgIpc) is 3.63. The largest absolute Gasteiger partial charge is 0.362 e. The molecule has 9 nitrogen and oxygen atoms in total. The number of nitrogens with one attached hydrogen (secondary N) is 3. The van der Waals surface area contributed by atoms with Crippen LogP contribution in [0, 0.1) is 13.8 Å². The van der Waals surface area contributed by atoms with E-state index in [1.807, 2.05) is 80.6 Å². The minimum Gasteiger partial charge on any atom is -0.362 e. The van der Waals surface area contributed by atoms with Crippen LogP contribution in [0.4, 0.5) is 11.4 Å². The number of aryl methyl sites for hydroxylation is 2. The monoisotopic (exact) mass is 705 g/mol. The summed E-state index contributed by atoms with van der Waals surface area (Å²) < 4.78 is 11.1. The fraction of sp³-hybridized carbons (Fsp3) is 0.128.